The zero-order chi connectivity index (χ0) is 24.9. The Kier molecular flexibility index (Phi) is 7.17. The summed E-state index contributed by atoms with van der Waals surface area (Å²) in [7, 11) is 1.39. The molecule has 3 aromatic rings. The van der Waals surface area contributed by atoms with Crippen molar-refractivity contribution in [3.8, 4) is 17.1 Å². The van der Waals surface area contributed by atoms with Gasteiger partial charge in [0, 0.05) is 48.1 Å². The number of hydrazine groups is 1. The van der Waals surface area contributed by atoms with Crippen LogP contribution in [0.5, 0.6) is 6.01 Å². The summed E-state index contributed by atoms with van der Waals surface area (Å²) in [5.41, 5.74) is -4.23. The van der Waals surface area contributed by atoms with Gasteiger partial charge in [-0.15, -0.1) is 5.10 Å². The summed E-state index contributed by atoms with van der Waals surface area (Å²) in [5, 5.41) is 18.2. The van der Waals surface area contributed by atoms with Gasteiger partial charge in [-0.1, -0.05) is 6.07 Å². The molecule has 0 bridgehead atoms. The van der Waals surface area contributed by atoms with Crippen molar-refractivity contribution in [2.75, 3.05) is 13.7 Å². The first-order valence-electron chi connectivity index (χ1n) is 9.51. The van der Waals surface area contributed by atoms with E-state index in [2.05, 4.69) is 31.9 Å². The van der Waals surface area contributed by atoms with Crippen molar-refractivity contribution >= 4 is 13.1 Å². The monoisotopic (exact) mass is 477 g/mol. The number of pyridine rings is 1. The van der Waals surface area contributed by atoms with Crippen molar-refractivity contribution in [3.63, 3.8) is 0 Å². The number of benzene rings is 1. The van der Waals surface area contributed by atoms with E-state index in [-0.39, 0.29) is 6.01 Å². The van der Waals surface area contributed by atoms with Crippen LogP contribution in [0.4, 0.5) is 17.6 Å². The zero-order valence-corrected chi connectivity index (χ0v) is 17.7. The highest BCUT2D eigenvalue weighted by atomic mass is 19.3. The molecule has 0 radical (unpaired) electrons. The van der Waals surface area contributed by atoms with Crippen molar-refractivity contribution in [1.82, 2.24) is 20.0 Å². The molecule has 0 aliphatic rings. The largest absolute Gasteiger partial charge is 0.467 e. The normalized spacial score (nSPS) is 13.5. The molecule has 3 rings (SSSR count). The van der Waals surface area contributed by atoms with Crippen LogP contribution in [0.2, 0.25) is 0 Å². The Morgan fingerprint density at radius 3 is 2.35 bits per heavy atom. The lowest BCUT2D eigenvalue weighted by atomic mass is 9.84. The number of rotatable bonds is 9. The minimum absolute atomic E-state index is 0.118. The second kappa shape index (κ2) is 9.89. The maximum Gasteiger partial charge on any atom is 0.323 e. The van der Waals surface area contributed by atoms with Crippen molar-refractivity contribution < 1.29 is 27.4 Å². The van der Waals surface area contributed by atoms with Crippen LogP contribution in [0.3, 0.4) is 0 Å². The molecule has 0 fully saturated rings. The van der Waals surface area contributed by atoms with Gasteiger partial charge in [0.05, 0.1) is 13.7 Å². The zero-order valence-electron chi connectivity index (χ0n) is 17.7. The number of aliphatic hydroxyl groups is 1. The Morgan fingerprint density at radius 2 is 1.79 bits per heavy atom. The quantitative estimate of drug-likeness (QED) is 0.160. The summed E-state index contributed by atoms with van der Waals surface area (Å²) in [5.74, 6) is -0.994. The maximum atomic E-state index is 15.7. The second-order valence-corrected chi connectivity index (χ2v) is 6.99. The third-order valence-corrected chi connectivity index (χ3v) is 4.82. The van der Waals surface area contributed by atoms with Crippen LogP contribution in [0, 0.1) is 11.6 Å². The summed E-state index contributed by atoms with van der Waals surface area (Å²) < 4.78 is 64.3. The van der Waals surface area contributed by atoms with Gasteiger partial charge in [0.15, 0.2) is 5.60 Å². The minimum Gasteiger partial charge on any atom is -0.467 e. The van der Waals surface area contributed by atoms with Crippen molar-refractivity contribution in [2.24, 2.45) is 16.0 Å². The molecule has 13 heteroatoms. The molecular weight excluding hydrogens is 458 g/mol. The fourth-order valence-corrected chi connectivity index (χ4v) is 3.12. The van der Waals surface area contributed by atoms with Gasteiger partial charge in [0.25, 0.3) is 0 Å². The van der Waals surface area contributed by atoms with Crippen LogP contribution in [0.25, 0.3) is 11.1 Å². The summed E-state index contributed by atoms with van der Waals surface area (Å²) in [6.07, 6.45) is 4.73. The molecule has 1 atom stereocenters. The number of ether oxygens (including phenoxy) is 1. The van der Waals surface area contributed by atoms with Crippen LogP contribution in [-0.2, 0) is 11.5 Å². The van der Waals surface area contributed by atoms with Gasteiger partial charge in [-0.25, -0.2) is 24.6 Å². The maximum absolute atomic E-state index is 15.7. The Balaban J connectivity index is 2.04. The van der Waals surface area contributed by atoms with Gasteiger partial charge in [-0.2, -0.15) is 13.9 Å². The first-order chi connectivity index (χ1) is 16.1. The predicted octanol–water partition coefficient (Wildman–Crippen LogP) is 2.62. The average Bonchev–Trinajstić information content (AvgIpc) is 2.82. The number of hydrogen-bond donors (Lipinski definition) is 2. The van der Waals surface area contributed by atoms with E-state index in [0.717, 1.165) is 24.7 Å². The number of methoxy groups -OCH3 is 1. The van der Waals surface area contributed by atoms with E-state index in [1.807, 2.05) is 0 Å². The van der Waals surface area contributed by atoms with E-state index in [9.17, 15) is 13.9 Å². The van der Waals surface area contributed by atoms with Crippen LogP contribution < -0.4 is 10.6 Å². The molecule has 178 valence electrons. The van der Waals surface area contributed by atoms with E-state index in [4.69, 9.17) is 10.6 Å². The molecule has 34 heavy (non-hydrogen) atoms. The van der Waals surface area contributed by atoms with Gasteiger partial charge in [0.1, 0.15) is 23.7 Å². The molecule has 2 heterocycles. The van der Waals surface area contributed by atoms with Gasteiger partial charge >= 0.3 is 11.9 Å². The first-order valence-corrected chi connectivity index (χ1v) is 9.51. The fourth-order valence-electron chi connectivity index (χ4n) is 3.12. The number of nitrogens with two attached hydrogens (primary N) is 1. The third-order valence-electron chi connectivity index (χ3n) is 4.82. The molecule has 1 aromatic carbocycles. The molecule has 0 saturated carbocycles. The van der Waals surface area contributed by atoms with Crippen LogP contribution in [0.1, 0.15) is 11.3 Å². The summed E-state index contributed by atoms with van der Waals surface area (Å²) in [4.78, 5) is 11.6. The Hall–Kier alpha value is -3.97. The Labute approximate surface area is 191 Å². The third kappa shape index (κ3) is 4.84. The van der Waals surface area contributed by atoms with Crippen LogP contribution in [-0.4, -0.2) is 51.8 Å². The Morgan fingerprint density at radius 1 is 1.12 bits per heavy atom. The number of aromatic nitrogens is 3. The molecule has 2 aromatic heterocycles. The lowest BCUT2D eigenvalue weighted by Gasteiger charge is -2.37. The lowest BCUT2D eigenvalue weighted by Crippen LogP contribution is -2.53. The molecule has 1 unspecified atom stereocenters. The first kappa shape index (κ1) is 24.7. The minimum atomic E-state index is -4.20. The van der Waals surface area contributed by atoms with Crippen molar-refractivity contribution in [3.05, 3.63) is 71.8 Å². The average molecular weight is 477 g/mol. The summed E-state index contributed by atoms with van der Waals surface area (Å²) in [6, 6.07) is 4.18. The van der Waals surface area contributed by atoms with Crippen molar-refractivity contribution in [1.29, 1.82) is 0 Å². The Bertz CT molecular complexity index is 1180. The fraction of sp³-hybridized carbons (Fsp3) is 0.190. The predicted molar refractivity (Wildman–Crippen MR) is 115 cm³/mol. The van der Waals surface area contributed by atoms with E-state index in [0.29, 0.717) is 28.3 Å². The van der Waals surface area contributed by atoms with Crippen LogP contribution >= 0.6 is 0 Å². The SMILES string of the molecule is C=N/N=C\N(N)CC(O)(c1ccc(F)cc1F)C(F)(F)c1ccc(-c2cnc(OC)nc2)cn1. The standard InChI is InChI=1S/C21H19F4N7O2/c1-27-31-12-32(26)11-20(33,16-5-4-15(22)7-17(16)23)21(24,25)18-6-3-13(8-28-18)14-9-29-19(34-2)30-10-14/h3-10,12,33H,1,11,26H2,2H3/b31-12-. The second-order valence-electron chi connectivity index (χ2n) is 6.99. The molecule has 3 N–H and O–H groups in total. The lowest BCUT2D eigenvalue weighted by molar-refractivity contribution is -0.203. The van der Waals surface area contributed by atoms with Crippen LogP contribution in [0.15, 0.2) is 59.1 Å². The molecule has 0 aliphatic heterocycles. The highest BCUT2D eigenvalue weighted by Crippen LogP contribution is 2.46. The summed E-state index contributed by atoms with van der Waals surface area (Å²) >= 11 is 0. The van der Waals surface area contributed by atoms with Gasteiger partial charge in [0.2, 0.25) is 0 Å². The molecule has 9 nitrogen and oxygen atoms in total. The molecule has 0 spiro atoms. The molecule has 0 saturated heterocycles. The number of nitrogens with zero attached hydrogens (tertiary/aromatic N) is 6. The summed E-state index contributed by atoms with van der Waals surface area (Å²) in [6.45, 7) is 2.02. The van der Waals surface area contributed by atoms with Gasteiger partial charge in [-0.3, -0.25) is 9.99 Å². The van der Waals surface area contributed by atoms with E-state index in [1.54, 1.807) is 0 Å². The van der Waals surface area contributed by atoms with E-state index >= 15 is 8.78 Å². The van der Waals surface area contributed by atoms with Gasteiger partial charge in [-0.05, 0) is 18.2 Å². The molecular formula is C21H19F4N7O2. The number of hydrogen-bond acceptors (Lipinski definition) is 8. The molecule has 0 amide bonds. The number of halogens is 4. The highest BCUT2D eigenvalue weighted by molar-refractivity contribution is 5.60. The molecule has 0 aliphatic carbocycles. The highest BCUT2D eigenvalue weighted by Gasteiger charge is 2.58. The van der Waals surface area contributed by atoms with Crippen molar-refractivity contribution in [2.45, 2.75) is 11.5 Å². The topological polar surface area (TPSA) is 122 Å². The van der Waals surface area contributed by atoms with Gasteiger partial charge < -0.3 is 9.84 Å². The van der Waals surface area contributed by atoms with E-state index < -0.39 is 41.0 Å². The van der Waals surface area contributed by atoms with E-state index in [1.165, 1.54) is 25.6 Å². The smallest absolute Gasteiger partial charge is 0.323 e. The number of alkyl halides is 2.